The van der Waals surface area contributed by atoms with E-state index in [2.05, 4.69) is 4.98 Å². The number of halogens is 10. The molecular weight excluding hydrogens is 436 g/mol. The van der Waals surface area contributed by atoms with Gasteiger partial charge in [0.25, 0.3) is 0 Å². The zero-order chi connectivity index (χ0) is 22.5. The third-order valence-corrected chi connectivity index (χ3v) is 3.97. The minimum absolute atomic E-state index is 0.136. The number of carbonyl (C=O) groups excluding carboxylic acids is 1. The Labute approximate surface area is 159 Å². The number of aromatic nitrogens is 1. The fraction of sp³-hybridized carbons (Fsp3) is 0. The number of pyridine rings is 1. The quantitative estimate of drug-likeness (QED) is 0.230. The average molecular weight is 439 g/mol. The predicted molar refractivity (Wildman–Crippen MR) is 80.1 cm³/mol. The topological polar surface area (TPSA) is 30.0 Å². The molecule has 0 aliphatic carbocycles. The van der Waals surface area contributed by atoms with Crippen LogP contribution in [-0.2, 0) is 0 Å². The molecule has 0 atom stereocenters. The van der Waals surface area contributed by atoms with Crippen molar-refractivity contribution in [3.8, 4) is 22.5 Å². The number of aldehydes is 1. The van der Waals surface area contributed by atoms with Gasteiger partial charge in [-0.1, -0.05) is 0 Å². The van der Waals surface area contributed by atoms with Crippen LogP contribution in [0.2, 0.25) is 0 Å². The van der Waals surface area contributed by atoms with E-state index in [0.29, 0.717) is 12.1 Å². The van der Waals surface area contributed by atoms with Crippen LogP contribution in [0, 0.1) is 58.2 Å². The number of rotatable bonds is 3. The van der Waals surface area contributed by atoms with Crippen LogP contribution in [0.1, 0.15) is 10.4 Å². The Balaban J connectivity index is 2.41. The summed E-state index contributed by atoms with van der Waals surface area (Å²) in [6.07, 6.45) is -0.136. The maximum absolute atomic E-state index is 14.1. The van der Waals surface area contributed by atoms with E-state index in [-0.39, 0.29) is 6.29 Å². The summed E-state index contributed by atoms with van der Waals surface area (Å²) in [4.78, 5) is 14.4. The Kier molecular flexibility index (Phi) is 5.27. The zero-order valence-electron chi connectivity index (χ0n) is 13.9. The van der Waals surface area contributed by atoms with Gasteiger partial charge in [0.05, 0.1) is 22.5 Å². The van der Waals surface area contributed by atoms with Gasteiger partial charge >= 0.3 is 0 Å². The molecule has 0 aliphatic rings. The lowest BCUT2D eigenvalue weighted by molar-refractivity contribution is 0.112. The molecule has 3 rings (SSSR count). The van der Waals surface area contributed by atoms with E-state index in [4.69, 9.17) is 0 Å². The van der Waals surface area contributed by atoms with Gasteiger partial charge in [-0.15, -0.1) is 0 Å². The molecule has 0 saturated carbocycles. The molecule has 0 fully saturated rings. The summed E-state index contributed by atoms with van der Waals surface area (Å²) in [5.74, 6) is -24.2. The van der Waals surface area contributed by atoms with Crippen molar-refractivity contribution in [1.82, 2.24) is 4.98 Å². The Hall–Kier alpha value is -3.44. The molecule has 2 aromatic carbocycles. The number of carbonyl (C=O) groups is 1. The van der Waals surface area contributed by atoms with Crippen LogP contribution in [0.15, 0.2) is 12.1 Å². The van der Waals surface area contributed by atoms with E-state index < -0.39 is 86.3 Å². The van der Waals surface area contributed by atoms with Crippen molar-refractivity contribution in [2.24, 2.45) is 0 Å². The van der Waals surface area contributed by atoms with Gasteiger partial charge in [0.15, 0.2) is 52.8 Å². The molecule has 1 aromatic heterocycles. The van der Waals surface area contributed by atoms with Gasteiger partial charge in [0, 0.05) is 5.56 Å². The Bertz CT molecular complexity index is 1170. The first-order valence-electron chi connectivity index (χ1n) is 7.52. The highest BCUT2D eigenvalue weighted by molar-refractivity contribution is 5.87. The molecule has 0 bridgehead atoms. The predicted octanol–water partition coefficient (Wildman–Crippen LogP) is 5.62. The molecule has 0 unspecified atom stereocenters. The molecule has 30 heavy (non-hydrogen) atoms. The molecule has 12 heteroatoms. The third-order valence-electron chi connectivity index (χ3n) is 3.97. The first-order valence-corrected chi connectivity index (χ1v) is 7.52. The second-order valence-electron chi connectivity index (χ2n) is 5.64. The second-order valence-corrected chi connectivity index (χ2v) is 5.64. The summed E-state index contributed by atoms with van der Waals surface area (Å²) in [5, 5.41) is 0. The normalized spacial score (nSPS) is 11.1. The van der Waals surface area contributed by atoms with Crippen molar-refractivity contribution in [3.63, 3.8) is 0 Å². The van der Waals surface area contributed by atoms with E-state index in [1.165, 1.54) is 0 Å². The Morgan fingerprint density at radius 1 is 0.533 bits per heavy atom. The summed E-state index contributed by atoms with van der Waals surface area (Å²) in [5.41, 5.74) is -6.59. The highest BCUT2D eigenvalue weighted by Gasteiger charge is 2.31. The maximum Gasteiger partial charge on any atom is 0.200 e. The summed E-state index contributed by atoms with van der Waals surface area (Å²) in [7, 11) is 0. The van der Waals surface area contributed by atoms with Crippen LogP contribution in [-0.4, -0.2) is 11.3 Å². The van der Waals surface area contributed by atoms with Gasteiger partial charge in [-0.2, -0.15) is 0 Å². The second kappa shape index (κ2) is 7.43. The first-order chi connectivity index (χ1) is 14.0. The Morgan fingerprint density at radius 2 is 0.900 bits per heavy atom. The lowest BCUT2D eigenvalue weighted by Crippen LogP contribution is -2.08. The van der Waals surface area contributed by atoms with Gasteiger partial charge in [-0.05, 0) is 12.1 Å². The van der Waals surface area contributed by atoms with Crippen molar-refractivity contribution in [3.05, 3.63) is 75.9 Å². The molecule has 0 spiro atoms. The molecule has 0 N–H and O–H groups in total. The summed E-state index contributed by atoms with van der Waals surface area (Å²) in [6, 6.07) is 1.14. The number of benzene rings is 2. The van der Waals surface area contributed by atoms with Gasteiger partial charge in [-0.25, -0.2) is 48.9 Å². The highest BCUT2D eigenvalue weighted by Crippen LogP contribution is 2.35. The highest BCUT2D eigenvalue weighted by atomic mass is 19.2. The van der Waals surface area contributed by atoms with Crippen molar-refractivity contribution >= 4 is 6.29 Å². The van der Waals surface area contributed by atoms with Crippen molar-refractivity contribution < 1.29 is 48.7 Å². The van der Waals surface area contributed by atoms with Crippen LogP contribution >= 0.6 is 0 Å². The lowest BCUT2D eigenvalue weighted by Gasteiger charge is -2.13. The van der Waals surface area contributed by atoms with Crippen molar-refractivity contribution in [1.29, 1.82) is 0 Å². The maximum atomic E-state index is 14.1. The molecule has 2 nitrogen and oxygen atoms in total. The molecule has 0 radical (unpaired) electrons. The number of hydrogen-bond acceptors (Lipinski definition) is 2. The molecule has 3 aromatic rings. The smallest absolute Gasteiger partial charge is 0.200 e. The minimum atomic E-state index is -2.53. The van der Waals surface area contributed by atoms with Crippen molar-refractivity contribution in [2.75, 3.05) is 0 Å². The summed E-state index contributed by atoms with van der Waals surface area (Å²) in [6.45, 7) is 0. The average Bonchev–Trinajstić information content (AvgIpc) is 2.74. The SMILES string of the molecule is O=Cc1ccc(-c2c(F)c(F)c(F)c(F)c2F)nc1-c1c(F)c(F)c(F)c(F)c1F. The van der Waals surface area contributed by atoms with Crippen LogP contribution in [0.5, 0.6) is 0 Å². The molecule has 0 amide bonds. The standard InChI is InChI=1S/C18H3F10NO/c19-8-6(9(20)13(24)16(27)12(8)23)5-2-1-4(3-30)18(29-5)7-10(21)14(25)17(28)15(26)11(7)22/h1-3H. The Morgan fingerprint density at radius 3 is 1.30 bits per heavy atom. The van der Waals surface area contributed by atoms with Crippen LogP contribution < -0.4 is 0 Å². The van der Waals surface area contributed by atoms with E-state index in [9.17, 15) is 48.7 Å². The molecule has 1 heterocycles. The molecule has 0 saturated heterocycles. The fourth-order valence-corrected chi connectivity index (χ4v) is 2.55. The van der Waals surface area contributed by atoms with Gasteiger partial charge in [0.1, 0.15) is 0 Å². The summed E-state index contributed by atoms with van der Waals surface area (Å²) >= 11 is 0. The van der Waals surface area contributed by atoms with E-state index in [1.807, 2.05) is 0 Å². The van der Waals surface area contributed by atoms with Crippen LogP contribution in [0.3, 0.4) is 0 Å². The van der Waals surface area contributed by atoms with E-state index in [1.54, 1.807) is 0 Å². The van der Waals surface area contributed by atoms with E-state index in [0.717, 1.165) is 0 Å². The molecule has 156 valence electrons. The fourth-order valence-electron chi connectivity index (χ4n) is 2.55. The zero-order valence-corrected chi connectivity index (χ0v) is 13.9. The number of nitrogens with zero attached hydrogens (tertiary/aromatic N) is 1. The first kappa shape index (κ1) is 21.3. The largest absolute Gasteiger partial charge is 0.298 e. The minimum Gasteiger partial charge on any atom is -0.298 e. The lowest BCUT2D eigenvalue weighted by atomic mass is 10.0. The summed E-state index contributed by atoms with van der Waals surface area (Å²) < 4.78 is 136. The van der Waals surface area contributed by atoms with Gasteiger partial charge < -0.3 is 0 Å². The number of hydrogen-bond donors (Lipinski definition) is 0. The van der Waals surface area contributed by atoms with Crippen LogP contribution in [0.4, 0.5) is 43.9 Å². The van der Waals surface area contributed by atoms with Gasteiger partial charge in [0.2, 0.25) is 11.6 Å². The third kappa shape index (κ3) is 2.99. The monoisotopic (exact) mass is 439 g/mol. The van der Waals surface area contributed by atoms with Crippen molar-refractivity contribution in [2.45, 2.75) is 0 Å². The van der Waals surface area contributed by atoms with Gasteiger partial charge in [-0.3, -0.25) is 4.79 Å². The molecular formula is C18H3F10NO. The van der Waals surface area contributed by atoms with E-state index >= 15 is 0 Å². The van der Waals surface area contributed by atoms with Crippen LogP contribution in [0.25, 0.3) is 22.5 Å². The molecule has 0 aliphatic heterocycles.